The number of fused-ring (bicyclic) bond motifs is 1. The predicted octanol–water partition coefficient (Wildman–Crippen LogP) is 4.21. The molecule has 6 heteroatoms. The lowest BCUT2D eigenvalue weighted by Gasteiger charge is -2.32. The van der Waals surface area contributed by atoms with Crippen LogP contribution in [0.4, 0.5) is 14.6 Å². The number of alkyl halides is 2. The molecule has 1 aromatic heterocycles. The van der Waals surface area contributed by atoms with Crippen molar-refractivity contribution >= 4 is 17.4 Å². The van der Waals surface area contributed by atoms with E-state index in [2.05, 4.69) is 10.4 Å². The first-order valence-corrected chi connectivity index (χ1v) is 6.78. The summed E-state index contributed by atoms with van der Waals surface area (Å²) in [5.74, 6) is 0.638. The fourth-order valence-electron chi connectivity index (χ4n) is 2.58. The monoisotopic (exact) mass is 297 g/mol. The quantitative estimate of drug-likeness (QED) is 0.900. The molecule has 0 bridgehead atoms. The lowest BCUT2D eigenvalue weighted by Crippen LogP contribution is -2.30. The second-order valence-electron chi connectivity index (χ2n) is 5.00. The van der Waals surface area contributed by atoms with E-state index in [0.29, 0.717) is 17.3 Å². The van der Waals surface area contributed by atoms with E-state index in [1.807, 2.05) is 12.1 Å². The number of anilines is 1. The molecule has 0 saturated heterocycles. The SMILES string of the molecule is Cc1cc2n(n1)C(C(F)F)CC(c1ccc(Cl)cc1)N2. The molecular weight excluding hydrogens is 284 g/mol. The number of nitrogens with one attached hydrogen (secondary N) is 1. The molecule has 1 aliphatic heterocycles. The van der Waals surface area contributed by atoms with Crippen LogP contribution in [0, 0.1) is 6.92 Å². The van der Waals surface area contributed by atoms with Gasteiger partial charge < -0.3 is 5.32 Å². The third-order valence-electron chi connectivity index (χ3n) is 3.53. The van der Waals surface area contributed by atoms with E-state index in [-0.39, 0.29) is 6.04 Å². The van der Waals surface area contributed by atoms with Crippen LogP contribution < -0.4 is 5.32 Å². The molecule has 0 spiro atoms. The number of rotatable bonds is 2. The first-order valence-electron chi connectivity index (χ1n) is 6.41. The van der Waals surface area contributed by atoms with Gasteiger partial charge in [-0.05, 0) is 31.0 Å². The van der Waals surface area contributed by atoms with Crippen LogP contribution in [0.3, 0.4) is 0 Å². The highest BCUT2D eigenvalue weighted by atomic mass is 35.5. The van der Waals surface area contributed by atoms with Gasteiger partial charge in [0.05, 0.1) is 11.7 Å². The smallest absolute Gasteiger partial charge is 0.260 e. The Balaban J connectivity index is 1.95. The summed E-state index contributed by atoms with van der Waals surface area (Å²) in [6.07, 6.45) is -2.14. The van der Waals surface area contributed by atoms with E-state index in [0.717, 1.165) is 11.3 Å². The Bertz CT molecular complexity index is 609. The van der Waals surface area contributed by atoms with Gasteiger partial charge >= 0.3 is 0 Å². The molecule has 0 amide bonds. The van der Waals surface area contributed by atoms with Gasteiger partial charge in [-0.3, -0.25) is 0 Å². The average molecular weight is 298 g/mol. The molecule has 0 fully saturated rings. The fourth-order valence-corrected chi connectivity index (χ4v) is 2.71. The fraction of sp³-hybridized carbons (Fsp3) is 0.357. The minimum Gasteiger partial charge on any atom is -0.363 e. The van der Waals surface area contributed by atoms with Crippen molar-refractivity contribution in [3.8, 4) is 0 Å². The van der Waals surface area contributed by atoms with Gasteiger partial charge in [-0.25, -0.2) is 13.5 Å². The maximum absolute atomic E-state index is 13.3. The molecule has 3 rings (SSSR count). The third-order valence-corrected chi connectivity index (χ3v) is 3.79. The van der Waals surface area contributed by atoms with Crippen LogP contribution in [-0.4, -0.2) is 16.2 Å². The molecule has 3 nitrogen and oxygen atoms in total. The summed E-state index contributed by atoms with van der Waals surface area (Å²) in [6, 6.07) is 8.00. The molecule has 0 saturated carbocycles. The minimum absolute atomic E-state index is 0.158. The van der Waals surface area contributed by atoms with Crippen molar-refractivity contribution in [2.75, 3.05) is 5.32 Å². The Morgan fingerprint density at radius 3 is 2.70 bits per heavy atom. The largest absolute Gasteiger partial charge is 0.363 e. The van der Waals surface area contributed by atoms with Crippen molar-refractivity contribution in [1.82, 2.24) is 9.78 Å². The van der Waals surface area contributed by atoms with Gasteiger partial charge in [-0.15, -0.1) is 0 Å². The highest BCUT2D eigenvalue weighted by molar-refractivity contribution is 6.30. The summed E-state index contributed by atoms with van der Waals surface area (Å²) in [4.78, 5) is 0. The van der Waals surface area contributed by atoms with Crippen LogP contribution in [0.5, 0.6) is 0 Å². The second kappa shape index (κ2) is 5.05. The highest BCUT2D eigenvalue weighted by Gasteiger charge is 2.34. The van der Waals surface area contributed by atoms with E-state index >= 15 is 0 Å². The molecular formula is C14H14ClF2N3. The molecule has 106 valence electrons. The number of hydrogen-bond acceptors (Lipinski definition) is 2. The van der Waals surface area contributed by atoms with Gasteiger partial charge in [0.1, 0.15) is 11.9 Å². The van der Waals surface area contributed by atoms with E-state index in [4.69, 9.17) is 11.6 Å². The minimum atomic E-state index is -2.44. The maximum atomic E-state index is 13.3. The zero-order valence-electron chi connectivity index (χ0n) is 10.9. The Hall–Kier alpha value is -1.62. The van der Waals surface area contributed by atoms with Crippen LogP contribution in [0.15, 0.2) is 30.3 Å². The second-order valence-corrected chi connectivity index (χ2v) is 5.44. The topological polar surface area (TPSA) is 29.9 Å². The summed E-state index contributed by atoms with van der Waals surface area (Å²) in [5, 5.41) is 8.05. The number of nitrogens with zero attached hydrogens (tertiary/aromatic N) is 2. The summed E-state index contributed by atoms with van der Waals surface area (Å²) < 4.78 is 27.9. The zero-order valence-corrected chi connectivity index (χ0v) is 11.6. The van der Waals surface area contributed by atoms with Crippen LogP contribution in [0.25, 0.3) is 0 Å². The van der Waals surface area contributed by atoms with Crippen molar-refractivity contribution in [3.63, 3.8) is 0 Å². The Labute approximate surface area is 120 Å². The molecule has 2 unspecified atom stereocenters. The van der Waals surface area contributed by atoms with E-state index in [1.54, 1.807) is 25.1 Å². The molecule has 2 atom stereocenters. The molecule has 2 aromatic rings. The predicted molar refractivity (Wildman–Crippen MR) is 74.4 cm³/mol. The van der Waals surface area contributed by atoms with Gasteiger partial charge in [0.15, 0.2) is 0 Å². The van der Waals surface area contributed by atoms with Crippen LogP contribution in [-0.2, 0) is 0 Å². The number of aryl methyl sites for hydroxylation is 1. The molecule has 1 aromatic carbocycles. The van der Waals surface area contributed by atoms with Crippen molar-refractivity contribution in [1.29, 1.82) is 0 Å². The maximum Gasteiger partial charge on any atom is 0.260 e. The average Bonchev–Trinajstić information content (AvgIpc) is 2.78. The van der Waals surface area contributed by atoms with E-state index < -0.39 is 12.5 Å². The lowest BCUT2D eigenvalue weighted by atomic mass is 9.97. The van der Waals surface area contributed by atoms with Gasteiger partial charge in [0.25, 0.3) is 6.43 Å². The van der Waals surface area contributed by atoms with Gasteiger partial charge in [0.2, 0.25) is 0 Å². The van der Waals surface area contributed by atoms with Crippen LogP contribution in [0.1, 0.15) is 29.8 Å². The number of aromatic nitrogens is 2. The molecule has 1 N–H and O–H groups in total. The number of hydrogen-bond donors (Lipinski definition) is 1. The van der Waals surface area contributed by atoms with Gasteiger partial charge in [-0.1, -0.05) is 23.7 Å². The van der Waals surface area contributed by atoms with Crippen LogP contribution >= 0.6 is 11.6 Å². The van der Waals surface area contributed by atoms with Crippen LogP contribution in [0.2, 0.25) is 5.02 Å². The summed E-state index contributed by atoms with van der Waals surface area (Å²) in [7, 11) is 0. The van der Waals surface area contributed by atoms with Crippen molar-refractivity contribution < 1.29 is 8.78 Å². The lowest BCUT2D eigenvalue weighted by molar-refractivity contribution is 0.0657. The summed E-state index contributed by atoms with van der Waals surface area (Å²) >= 11 is 5.86. The zero-order chi connectivity index (χ0) is 14.3. The highest BCUT2D eigenvalue weighted by Crippen LogP contribution is 2.38. The van der Waals surface area contributed by atoms with E-state index in [1.165, 1.54) is 4.68 Å². The van der Waals surface area contributed by atoms with Gasteiger partial charge in [-0.2, -0.15) is 5.10 Å². The van der Waals surface area contributed by atoms with Crippen molar-refractivity contribution in [3.05, 3.63) is 46.6 Å². The summed E-state index contributed by atoms with van der Waals surface area (Å²) in [6.45, 7) is 1.80. The molecule has 1 aliphatic rings. The summed E-state index contributed by atoms with van der Waals surface area (Å²) in [5.41, 5.74) is 1.68. The number of halogens is 3. The first-order chi connectivity index (χ1) is 9.54. The van der Waals surface area contributed by atoms with Crippen molar-refractivity contribution in [2.45, 2.75) is 31.9 Å². The first kappa shape index (κ1) is 13.4. The molecule has 20 heavy (non-hydrogen) atoms. The van der Waals surface area contributed by atoms with Crippen molar-refractivity contribution in [2.24, 2.45) is 0 Å². The van der Waals surface area contributed by atoms with E-state index in [9.17, 15) is 8.78 Å². The third kappa shape index (κ3) is 2.38. The standard InChI is InChI=1S/C14H14ClF2N3/c1-8-6-13-18-11(9-2-4-10(15)5-3-9)7-12(14(16)17)20(13)19-8/h2-6,11-12,14,18H,7H2,1H3. The Kier molecular flexibility index (Phi) is 3.38. The molecule has 0 aliphatic carbocycles. The normalized spacial score (nSPS) is 21.6. The Morgan fingerprint density at radius 2 is 2.05 bits per heavy atom. The molecule has 0 radical (unpaired) electrons. The van der Waals surface area contributed by atoms with Gasteiger partial charge in [0, 0.05) is 11.1 Å². The Morgan fingerprint density at radius 1 is 1.35 bits per heavy atom. The number of benzene rings is 1. The molecule has 2 heterocycles.